The SMILES string of the molecule is CCCCCCNC(=O)CN1C(=O)N[C@](C)(c2ccc(Cl)cc2Cl)C1=O. The second kappa shape index (κ2) is 8.73. The number of unbranched alkanes of at least 4 members (excludes halogenated alkanes) is 3. The highest BCUT2D eigenvalue weighted by molar-refractivity contribution is 6.35. The second-order valence-corrected chi connectivity index (χ2v) is 7.32. The minimum atomic E-state index is -1.33. The van der Waals surface area contributed by atoms with Crippen molar-refractivity contribution in [3.63, 3.8) is 0 Å². The van der Waals surface area contributed by atoms with Crippen LogP contribution in [0.1, 0.15) is 45.1 Å². The number of carbonyl (C=O) groups excluding carboxylic acids is 3. The molecule has 0 aliphatic carbocycles. The molecule has 1 atom stereocenters. The topological polar surface area (TPSA) is 78.5 Å². The van der Waals surface area contributed by atoms with E-state index in [1.165, 1.54) is 6.07 Å². The van der Waals surface area contributed by atoms with Crippen LogP contribution in [-0.2, 0) is 15.1 Å². The highest BCUT2D eigenvalue weighted by Gasteiger charge is 2.50. The molecule has 1 heterocycles. The predicted octanol–water partition coefficient (Wildman–Crippen LogP) is 3.46. The monoisotopic (exact) mass is 399 g/mol. The Morgan fingerprint density at radius 1 is 1.23 bits per heavy atom. The molecular formula is C18H23Cl2N3O3. The summed E-state index contributed by atoms with van der Waals surface area (Å²) in [6.45, 7) is 3.88. The molecule has 2 N–H and O–H groups in total. The summed E-state index contributed by atoms with van der Waals surface area (Å²) >= 11 is 12.1. The van der Waals surface area contributed by atoms with E-state index in [4.69, 9.17) is 23.2 Å². The van der Waals surface area contributed by atoms with E-state index in [1.54, 1.807) is 19.1 Å². The summed E-state index contributed by atoms with van der Waals surface area (Å²) in [7, 11) is 0. The summed E-state index contributed by atoms with van der Waals surface area (Å²) in [6, 6.07) is 4.08. The molecule has 1 aliphatic rings. The molecule has 1 aromatic carbocycles. The number of hydrogen-bond donors (Lipinski definition) is 2. The number of urea groups is 1. The van der Waals surface area contributed by atoms with Crippen LogP contribution in [0.4, 0.5) is 4.79 Å². The molecule has 2 rings (SSSR count). The van der Waals surface area contributed by atoms with Gasteiger partial charge in [-0.1, -0.05) is 55.5 Å². The third kappa shape index (κ3) is 4.48. The standard InChI is InChI=1S/C18H23Cl2N3O3/c1-3-4-5-6-9-21-15(24)11-23-16(25)18(2,22-17(23)26)13-8-7-12(19)10-14(13)20/h7-8,10H,3-6,9,11H2,1-2H3,(H,21,24)(H,22,26)/t18-/m1/s1. The lowest BCUT2D eigenvalue weighted by molar-refractivity contribution is -0.134. The summed E-state index contributed by atoms with van der Waals surface area (Å²) in [5.41, 5.74) is -0.899. The zero-order valence-corrected chi connectivity index (χ0v) is 16.4. The molecular weight excluding hydrogens is 377 g/mol. The number of halogens is 2. The van der Waals surface area contributed by atoms with E-state index in [0.29, 0.717) is 17.1 Å². The van der Waals surface area contributed by atoms with Crippen LogP contribution in [0.25, 0.3) is 0 Å². The van der Waals surface area contributed by atoms with Gasteiger partial charge in [-0.3, -0.25) is 14.5 Å². The Hall–Kier alpha value is -1.79. The Kier molecular flexibility index (Phi) is 6.89. The molecule has 1 fully saturated rings. The minimum absolute atomic E-state index is 0.274. The van der Waals surface area contributed by atoms with Crippen LogP contribution in [0.5, 0.6) is 0 Å². The first-order valence-corrected chi connectivity index (χ1v) is 9.41. The predicted molar refractivity (Wildman–Crippen MR) is 101 cm³/mol. The van der Waals surface area contributed by atoms with Gasteiger partial charge in [0.15, 0.2) is 0 Å². The number of nitrogens with zero attached hydrogens (tertiary/aromatic N) is 1. The van der Waals surface area contributed by atoms with Crippen LogP contribution in [0.3, 0.4) is 0 Å². The number of imide groups is 1. The molecule has 1 aromatic rings. The number of benzene rings is 1. The average Bonchev–Trinajstić information content (AvgIpc) is 2.78. The first kappa shape index (κ1) is 20.5. The third-order valence-electron chi connectivity index (χ3n) is 4.40. The summed E-state index contributed by atoms with van der Waals surface area (Å²) < 4.78 is 0. The number of nitrogens with one attached hydrogen (secondary N) is 2. The fraction of sp³-hybridized carbons (Fsp3) is 0.500. The summed E-state index contributed by atoms with van der Waals surface area (Å²) in [6.07, 6.45) is 4.14. The second-order valence-electron chi connectivity index (χ2n) is 6.48. The highest BCUT2D eigenvalue weighted by Crippen LogP contribution is 2.34. The molecule has 0 radical (unpaired) electrons. The molecule has 1 aliphatic heterocycles. The Labute approximate surface area is 163 Å². The Balaban J connectivity index is 2.03. The maximum absolute atomic E-state index is 12.8. The molecule has 4 amide bonds. The van der Waals surface area contributed by atoms with Crippen molar-refractivity contribution in [2.75, 3.05) is 13.1 Å². The quantitative estimate of drug-likeness (QED) is 0.518. The van der Waals surface area contributed by atoms with E-state index in [9.17, 15) is 14.4 Å². The van der Waals surface area contributed by atoms with Gasteiger partial charge >= 0.3 is 6.03 Å². The molecule has 0 spiro atoms. The molecule has 0 aromatic heterocycles. The molecule has 1 saturated heterocycles. The van der Waals surface area contributed by atoms with Crippen molar-refractivity contribution in [2.24, 2.45) is 0 Å². The van der Waals surface area contributed by atoms with Gasteiger partial charge in [-0.2, -0.15) is 0 Å². The lowest BCUT2D eigenvalue weighted by Gasteiger charge is -2.23. The third-order valence-corrected chi connectivity index (χ3v) is 4.95. The van der Waals surface area contributed by atoms with Crippen LogP contribution in [0.15, 0.2) is 18.2 Å². The molecule has 26 heavy (non-hydrogen) atoms. The molecule has 0 unspecified atom stereocenters. The van der Waals surface area contributed by atoms with Gasteiger partial charge in [0.2, 0.25) is 5.91 Å². The number of hydrogen-bond acceptors (Lipinski definition) is 3. The van der Waals surface area contributed by atoms with Gasteiger partial charge in [-0.05, 0) is 25.5 Å². The van der Waals surface area contributed by atoms with Gasteiger partial charge in [-0.25, -0.2) is 4.79 Å². The van der Waals surface area contributed by atoms with E-state index in [2.05, 4.69) is 17.6 Å². The van der Waals surface area contributed by atoms with Gasteiger partial charge in [0.05, 0.1) is 0 Å². The van der Waals surface area contributed by atoms with Crippen molar-refractivity contribution in [3.8, 4) is 0 Å². The first-order chi connectivity index (χ1) is 12.3. The van der Waals surface area contributed by atoms with Crippen molar-refractivity contribution in [1.29, 1.82) is 0 Å². The molecule has 0 bridgehead atoms. The Morgan fingerprint density at radius 2 is 1.96 bits per heavy atom. The lowest BCUT2D eigenvalue weighted by Crippen LogP contribution is -2.43. The largest absolute Gasteiger partial charge is 0.355 e. The number of carbonyl (C=O) groups is 3. The smallest absolute Gasteiger partial charge is 0.325 e. The molecule has 142 valence electrons. The van der Waals surface area contributed by atoms with Crippen LogP contribution in [0.2, 0.25) is 10.0 Å². The van der Waals surface area contributed by atoms with Crippen LogP contribution < -0.4 is 10.6 Å². The van der Waals surface area contributed by atoms with E-state index < -0.39 is 17.5 Å². The Bertz CT molecular complexity index is 711. The van der Waals surface area contributed by atoms with Gasteiger partial charge in [0, 0.05) is 22.2 Å². The normalized spacial score (nSPS) is 19.6. The lowest BCUT2D eigenvalue weighted by atomic mass is 9.92. The van der Waals surface area contributed by atoms with Crippen molar-refractivity contribution >= 4 is 41.0 Å². The van der Waals surface area contributed by atoms with Gasteiger partial charge < -0.3 is 10.6 Å². The summed E-state index contributed by atoms with van der Waals surface area (Å²) in [5.74, 6) is -0.885. The molecule has 8 heteroatoms. The van der Waals surface area contributed by atoms with Crippen molar-refractivity contribution in [2.45, 2.75) is 45.1 Å². The van der Waals surface area contributed by atoms with Crippen LogP contribution >= 0.6 is 23.2 Å². The van der Waals surface area contributed by atoms with E-state index in [0.717, 1.165) is 30.6 Å². The number of rotatable bonds is 8. The van der Waals surface area contributed by atoms with Gasteiger partial charge in [0.1, 0.15) is 12.1 Å². The first-order valence-electron chi connectivity index (χ1n) is 8.66. The molecule has 0 saturated carbocycles. The fourth-order valence-corrected chi connectivity index (χ4v) is 3.49. The zero-order chi connectivity index (χ0) is 19.3. The maximum atomic E-state index is 12.8. The summed E-state index contributed by atoms with van der Waals surface area (Å²) in [5, 5.41) is 6.07. The van der Waals surface area contributed by atoms with E-state index >= 15 is 0 Å². The average molecular weight is 400 g/mol. The highest BCUT2D eigenvalue weighted by atomic mass is 35.5. The van der Waals surface area contributed by atoms with Crippen molar-refractivity contribution in [3.05, 3.63) is 33.8 Å². The van der Waals surface area contributed by atoms with Gasteiger partial charge in [-0.15, -0.1) is 0 Å². The van der Waals surface area contributed by atoms with E-state index in [1.807, 2.05) is 0 Å². The number of amides is 4. The van der Waals surface area contributed by atoms with Crippen molar-refractivity contribution < 1.29 is 14.4 Å². The fourth-order valence-electron chi connectivity index (χ4n) is 2.90. The molecule has 6 nitrogen and oxygen atoms in total. The maximum Gasteiger partial charge on any atom is 0.325 e. The minimum Gasteiger partial charge on any atom is -0.355 e. The zero-order valence-electron chi connectivity index (χ0n) is 14.9. The van der Waals surface area contributed by atoms with Crippen LogP contribution in [0, 0.1) is 0 Å². The van der Waals surface area contributed by atoms with Crippen molar-refractivity contribution in [1.82, 2.24) is 15.5 Å². The van der Waals surface area contributed by atoms with Crippen LogP contribution in [-0.4, -0.2) is 35.8 Å². The Morgan fingerprint density at radius 3 is 2.62 bits per heavy atom. The van der Waals surface area contributed by atoms with Gasteiger partial charge in [0.25, 0.3) is 5.91 Å². The summed E-state index contributed by atoms with van der Waals surface area (Å²) in [4.78, 5) is 38.0. The van der Waals surface area contributed by atoms with E-state index in [-0.39, 0.29) is 17.5 Å².